The van der Waals surface area contributed by atoms with Crippen molar-refractivity contribution in [2.45, 2.75) is 26.8 Å². The zero-order chi connectivity index (χ0) is 18.7. The Hall–Kier alpha value is -2.73. The third-order valence-electron chi connectivity index (χ3n) is 4.18. The van der Waals surface area contributed by atoms with Gasteiger partial charge in [0.2, 0.25) is 0 Å². The van der Waals surface area contributed by atoms with Gasteiger partial charge in [-0.15, -0.1) is 0 Å². The average Bonchev–Trinajstić information content (AvgIpc) is 2.95. The third kappa shape index (κ3) is 3.75. The molecular formula is C20H20N2O3S. The third-order valence-corrected chi connectivity index (χ3v) is 5.22. The number of benzene rings is 2. The lowest BCUT2D eigenvalue weighted by atomic mass is 10.1. The van der Waals surface area contributed by atoms with Crippen molar-refractivity contribution in [2.24, 2.45) is 4.99 Å². The summed E-state index contributed by atoms with van der Waals surface area (Å²) in [6.07, 6.45) is 0.224. The molecule has 1 heterocycles. The summed E-state index contributed by atoms with van der Waals surface area (Å²) < 4.78 is 7.68. The van der Waals surface area contributed by atoms with Crippen LogP contribution in [0.4, 0.5) is 0 Å². The minimum Gasteiger partial charge on any atom is -0.469 e. The zero-order valence-corrected chi connectivity index (χ0v) is 15.8. The van der Waals surface area contributed by atoms with E-state index in [4.69, 9.17) is 4.74 Å². The summed E-state index contributed by atoms with van der Waals surface area (Å²) in [5.41, 5.74) is 3.57. The van der Waals surface area contributed by atoms with E-state index in [0.717, 1.165) is 21.3 Å². The van der Waals surface area contributed by atoms with Crippen LogP contribution in [0.25, 0.3) is 10.2 Å². The molecule has 134 valence electrons. The summed E-state index contributed by atoms with van der Waals surface area (Å²) in [5, 5.41) is 0. The van der Waals surface area contributed by atoms with Crippen molar-refractivity contribution in [3.8, 4) is 0 Å². The largest absolute Gasteiger partial charge is 0.469 e. The Morgan fingerprint density at radius 1 is 1.15 bits per heavy atom. The lowest BCUT2D eigenvalue weighted by Crippen LogP contribution is -2.19. The monoisotopic (exact) mass is 368 g/mol. The molecule has 0 spiro atoms. The molecular weight excluding hydrogens is 348 g/mol. The molecule has 0 unspecified atom stereocenters. The minimum absolute atomic E-state index is 0.224. The Bertz CT molecular complexity index is 1050. The van der Waals surface area contributed by atoms with Crippen LogP contribution in [0.2, 0.25) is 0 Å². The number of thiazole rings is 1. The molecule has 1 aromatic heterocycles. The Morgan fingerprint density at radius 2 is 1.92 bits per heavy atom. The van der Waals surface area contributed by atoms with Gasteiger partial charge >= 0.3 is 5.97 Å². The first-order valence-electron chi connectivity index (χ1n) is 8.31. The van der Waals surface area contributed by atoms with E-state index in [9.17, 15) is 9.59 Å². The quantitative estimate of drug-likeness (QED) is 0.661. The predicted octanol–water partition coefficient (Wildman–Crippen LogP) is 3.62. The van der Waals surface area contributed by atoms with Crippen molar-refractivity contribution >= 4 is 33.4 Å². The van der Waals surface area contributed by atoms with Crippen molar-refractivity contribution in [2.75, 3.05) is 7.11 Å². The van der Waals surface area contributed by atoms with Crippen LogP contribution in [0.1, 0.15) is 27.9 Å². The summed E-state index contributed by atoms with van der Waals surface area (Å²) in [7, 11) is 1.37. The first kappa shape index (κ1) is 18.1. The second-order valence-electron chi connectivity index (χ2n) is 6.07. The lowest BCUT2D eigenvalue weighted by molar-refractivity contribution is -0.140. The highest BCUT2D eigenvalue weighted by Crippen LogP contribution is 2.19. The number of amides is 1. The minimum atomic E-state index is -0.292. The van der Waals surface area contributed by atoms with E-state index in [2.05, 4.69) is 11.1 Å². The number of nitrogens with zero attached hydrogens (tertiary/aromatic N) is 2. The Balaban J connectivity index is 2.10. The Morgan fingerprint density at radius 3 is 2.65 bits per heavy atom. The molecule has 0 bridgehead atoms. The van der Waals surface area contributed by atoms with Crippen molar-refractivity contribution in [3.63, 3.8) is 0 Å². The number of ether oxygens (including phenoxy) is 1. The van der Waals surface area contributed by atoms with Crippen molar-refractivity contribution in [1.29, 1.82) is 0 Å². The molecule has 0 aliphatic carbocycles. The smallest absolute Gasteiger partial charge is 0.307 e. The molecule has 1 amide bonds. The van der Waals surface area contributed by atoms with E-state index in [-0.39, 0.29) is 18.3 Å². The molecule has 3 aromatic rings. The first-order valence-corrected chi connectivity index (χ1v) is 9.12. The highest BCUT2D eigenvalue weighted by Gasteiger charge is 2.12. The molecule has 0 fully saturated rings. The van der Waals surface area contributed by atoms with Gasteiger partial charge in [0.05, 0.1) is 23.7 Å². The molecule has 3 rings (SSSR count). The van der Waals surface area contributed by atoms with E-state index in [1.807, 2.05) is 48.7 Å². The van der Waals surface area contributed by atoms with Crippen molar-refractivity contribution < 1.29 is 14.3 Å². The number of hydrogen-bond donors (Lipinski definition) is 0. The number of esters is 1. The molecule has 0 aliphatic rings. The van der Waals surface area contributed by atoms with Crippen LogP contribution in [-0.4, -0.2) is 23.6 Å². The summed E-state index contributed by atoms with van der Waals surface area (Å²) >= 11 is 1.45. The van der Waals surface area contributed by atoms with Gasteiger partial charge < -0.3 is 9.30 Å². The van der Waals surface area contributed by atoms with Crippen LogP contribution in [0.5, 0.6) is 0 Å². The molecule has 0 saturated heterocycles. The van der Waals surface area contributed by atoms with Crippen molar-refractivity contribution in [3.05, 3.63) is 64.0 Å². The number of hydrogen-bond acceptors (Lipinski definition) is 4. The maximum atomic E-state index is 12.7. The second kappa shape index (κ2) is 7.66. The van der Waals surface area contributed by atoms with E-state index in [0.29, 0.717) is 16.9 Å². The highest BCUT2D eigenvalue weighted by atomic mass is 32.1. The van der Waals surface area contributed by atoms with Gasteiger partial charge in [0, 0.05) is 12.1 Å². The number of fused-ring (bicyclic) bond motifs is 1. The standard InChI is InChI=1S/C20H20N2O3S/c1-13-8-9-16-17(12-13)26-20(22(16)11-10-18(23)25-3)21-19(24)15-7-5-4-6-14(15)2/h4-9,12H,10-11H2,1-3H3. The van der Waals surface area contributed by atoms with E-state index in [1.54, 1.807) is 6.07 Å². The van der Waals surface area contributed by atoms with Gasteiger partial charge in [-0.3, -0.25) is 9.59 Å². The fourth-order valence-electron chi connectivity index (χ4n) is 2.75. The number of carbonyl (C=O) groups is 2. The van der Waals surface area contributed by atoms with E-state index < -0.39 is 0 Å². The fourth-order valence-corrected chi connectivity index (χ4v) is 3.90. The number of rotatable bonds is 4. The molecule has 6 heteroatoms. The van der Waals surface area contributed by atoms with Crippen LogP contribution in [0, 0.1) is 13.8 Å². The molecule has 0 N–H and O–H groups in total. The molecule has 0 aliphatic heterocycles. The number of aromatic nitrogens is 1. The molecule has 0 atom stereocenters. The zero-order valence-electron chi connectivity index (χ0n) is 15.0. The predicted molar refractivity (Wildman–Crippen MR) is 102 cm³/mol. The number of carbonyl (C=O) groups excluding carboxylic acids is 2. The molecule has 5 nitrogen and oxygen atoms in total. The van der Waals surface area contributed by atoms with E-state index in [1.165, 1.54) is 18.4 Å². The normalized spacial score (nSPS) is 11.7. The number of aryl methyl sites for hydroxylation is 3. The summed E-state index contributed by atoms with van der Waals surface area (Å²) in [5.74, 6) is -0.571. The van der Waals surface area contributed by atoms with E-state index >= 15 is 0 Å². The molecule has 26 heavy (non-hydrogen) atoms. The van der Waals surface area contributed by atoms with Crippen molar-refractivity contribution in [1.82, 2.24) is 4.57 Å². The Kier molecular flexibility index (Phi) is 5.32. The number of methoxy groups -OCH3 is 1. The SMILES string of the molecule is COC(=O)CCn1c(=NC(=O)c2ccccc2C)sc2cc(C)ccc21. The fraction of sp³-hybridized carbons (Fsp3) is 0.250. The van der Waals surface area contributed by atoms with Gasteiger partial charge in [-0.1, -0.05) is 35.6 Å². The molecule has 0 saturated carbocycles. The van der Waals surface area contributed by atoms with Gasteiger partial charge in [0.1, 0.15) is 0 Å². The maximum absolute atomic E-state index is 12.7. The first-order chi connectivity index (χ1) is 12.5. The summed E-state index contributed by atoms with van der Waals surface area (Å²) in [6, 6.07) is 13.5. The summed E-state index contributed by atoms with van der Waals surface area (Å²) in [6.45, 7) is 4.32. The molecule has 2 aromatic carbocycles. The second-order valence-corrected chi connectivity index (χ2v) is 7.07. The van der Waals surface area contributed by atoms with Crippen LogP contribution in [0.15, 0.2) is 47.5 Å². The summed E-state index contributed by atoms with van der Waals surface area (Å²) in [4.78, 5) is 29.2. The van der Waals surface area contributed by atoms with Gasteiger partial charge in [0.25, 0.3) is 5.91 Å². The van der Waals surface area contributed by atoms with Gasteiger partial charge in [-0.25, -0.2) is 0 Å². The van der Waals surface area contributed by atoms with Gasteiger partial charge in [0.15, 0.2) is 4.80 Å². The van der Waals surface area contributed by atoms with Gasteiger partial charge in [-0.2, -0.15) is 4.99 Å². The topological polar surface area (TPSA) is 60.7 Å². The average molecular weight is 368 g/mol. The molecule has 0 radical (unpaired) electrons. The maximum Gasteiger partial charge on any atom is 0.307 e. The van der Waals surface area contributed by atoms with Crippen LogP contribution in [0.3, 0.4) is 0 Å². The van der Waals surface area contributed by atoms with Gasteiger partial charge in [-0.05, 0) is 43.2 Å². The lowest BCUT2D eigenvalue weighted by Gasteiger charge is -2.05. The van der Waals surface area contributed by atoms with Crippen LogP contribution in [-0.2, 0) is 16.1 Å². The van der Waals surface area contributed by atoms with Crippen LogP contribution >= 0.6 is 11.3 Å². The Labute approximate surface area is 155 Å². The highest BCUT2D eigenvalue weighted by molar-refractivity contribution is 7.16. The van der Waals surface area contributed by atoms with Crippen LogP contribution < -0.4 is 4.80 Å².